The van der Waals surface area contributed by atoms with Gasteiger partial charge in [0.1, 0.15) is 6.10 Å². The Morgan fingerprint density at radius 3 is 2.28 bits per heavy atom. The minimum Gasteiger partial charge on any atom is -0.342 e. The van der Waals surface area contributed by atoms with Gasteiger partial charge in [0.25, 0.3) is 0 Å². The van der Waals surface area contributed by atoms with Crippen molar-refractivity contribution in [2.75, 3.05) is 4.90 Å². The highest BCUT2D eigenvalue weighted by molar-refractivity contribution is 6.31. The largest absolute Gasteiger partial charge is 0.342 e. The molecule has 122 valence electrons. The van der Waals surface area contributed by atoms with Crippen LogP contribution in [0, 0.1) is 0 Å². The maximum absolute atomic E-state index is 6.50. The molecule has 3 aromatic carbocycles. The molecule has 0 saturated heterocycles. The SMILES string of the molecule is Clc1ccccc1[C@@H]1O[C@H]2C=Cc3ccccc3N2c2ccccc21. The minimum atomic E-state index is -0.180. The Morgan fingerprint density at radius 2 is 1.44 bits per heavy atom. The van der Waals surface area contributed by atoms with Crippen molar-refractivity contribution in [2.24, 2.45) is 0 Å². The van der Waals surface area contributed by atoms with Gasteiger partial charge in [-0.1, -0.05) is 72.3 Å². The van der Waals surface area contributed by atoms with Crippen LogP contribution >= 0.6 is 11.6 Å². The average Bonchev–Trinajstić information content (AvgIpc) is 2.67. The molecular weight excluding hydrogens is 330 g/mol. The van der Waals surface area contributed by atoms with Gasteiger partial charge in [0.2, 0.25) is 0 Å². The van der Waals surface area contributed by atoms with Gasteiger partial charge in [-0.3, -0.25) is 0 Å². The van der Waals surface area contributed by atoms with E-state index in [2.05, 4.69) is 65.6 Å². The zero-order chi connectivity index (χ0) is 16.8. The van der Waals surface area contributed by atoms with E-state index in [1.807, 2.05) is 24.3 Å². The second-order valence-corrected chi connectivity index (χ2v) is 6.68. The van der Waals surface area contributed by atoms with Crippen LogP contribution in [0.4, 0.5) is 11.4 Å². The zero-order valence-corrected chi connectivity index (χ0v) is 14.2. The van der Waals surface area contributed by atoms with Crippen LogP contribution in [0.2, 0.25) is 5.02 Å². The Bertz CT molecular complexity index is 981. The molecule has 5 rings (SSSR count). The first kappa shape index (κ1) is 14.8. The number of hydrogen-bond acceptors (Lipinski definition) is 2. The molecule has 0 aromatic heterocycles. The highest BCUT2D eigenvalue weighted by Crippen LogP contribution is 2.47. The summed E-state index contributed by atoms with van der Waals surface area (Å²) in [5.74, 6) is 0. The van der Waals surface area contributed by atoms with Gasteiger partial charge < -0.3 is 9.64 Å². The predicted octanol–water partition coefficient (Wildman–Crippen LogP) is 5.95. The van der Waals surface area contributed by atoms with Crippen molar-refractivity contribution in [1.29, 1.82) is 0 Å². The van der Waals surface area contributed by atoms with Crippen LogP contribution < -0.4 is 4.90 Å². The van der Waals surface area contributed by atoms with Crippen molar-refractivity contribution in [2.45, 2.75) is 12.3 Å². The third kappa shape index (κ3) is 2.30. The van der Waals surface area contributed by atoms with E-state index in [1.165, 1.54) is 16.9 Å². The van der Waals surface area contributed by atoms with Crippen LogP contribution in [0.3, 0.4) is 0 Å². The molecule has 3 aromatic rings. The van der Waals surface area contributed by atoms with Gasteiger partial charge in [0, 0.05) is 16.1 Å². The summed E-state index contributed by atoms with van der Waals surface area (Å²) in [5, 5.41) is 0.732. The van der Waals surface area contributed by atoms with Crippen molar-refractivity contribution in [3.63, 3.8) is 0 Å². The Labute approximate surface area is 151 Å². The molecule has 2 aliphatic rings. The van der Waals surface area contributed by atoms with E-state index in [1.54, 1.807) is 0 Å². The predicted molar refractivity (Wildman–Crippen MR) is 102 cm³/mol. The van der Waals surface area contributed by atoms with Gasteiger partial charge in [-0.2, -0.15) is 0 Å². The third-order valence-electron chi connectivity index (χ3n) is 4.83. The van der Waals surface area contributed by atoms with E-state index in [0.717, 1.165) is 16.1 Å². The van der Waals surface area contributed by atoms with Crippen LogP contribution in [0.5, 0.6) is 0 Å². The molecule has 2 atom stereocenters. The number of halogens is 1. The van der Waals surface area contributed by atoms with E-state index in [-0.39, 0.29) is 12.3 Å². The smallest absolute Gasteiger partial charge is 0.155 e. The lowest BCUT2D eigenvalue weighted by Crippen LogP contribution is -2.40. The van der Waals surface area contributed by atoms with Gasteiger partial charge in [0.05, 0.1) is 11.4 Å². The molecule has 3 heteroatoms. The molecule has 0 saturated carbocycles. The molecule has 0 amide bonds. The maximum Gasteiger partial charge on any atom is 0.155 e. The van der Waals surface area contributed by atoms with Crippen LogP contribution in [-0.2, 0) is 4.74 Å². The first-order chi connectivity index (χ1) is 12.3. The van der Waals surface area contributed by atoms with Crippen LogP contribution in [-0.4, -0.2) is 6.23 Å². The molecule has 0 fully saturated rings. The summed E-state index contributed by atoms with van der Waals surface area (Å²) in [7, 11) is 0. The van der Waals surface area contributed by atoms with Crippen LogP contribution in [0.15, 0.2) is 78.9 Å². The van der Waals surface area contributed by atoms with Crippen molar-refractivity contribution < 1.29 is 4.74 Å². The van der Waals surface area contributed by atoms with Gasteiger partial charge in [-0.25, -0.2) is 0 Å². The average molecular weight is 346 g/mol. The first-order valence-electron chi connectivity index (χ1n) is 8.38. The fourth-order valence-corrected chi connectivity index (χ4v) is 3.93. The Balaban J connectivity index is 1.71. The summed E-state index contributed by atoms with van der Waals surface area (Å²) >= 11 is 6.47. The van der Waals surface area contributed by atoms with Gasteiger partial charge in [-0.15, -0.1) is 0 Å². The second-order valence-electron chi connectivity index (χ2n) is 6.27. The van der Waals surface area contributed by atoms with E-state index in [4.69, 9.17) is 16.3 Å². The summed E-state index contributed by atoms with van der Waals surface area (Å²) in [6.07, 6.45) is 3.92. The van der Waals surface area contributed by atoms with Gasteiger partial charge in [0.15, 0.2) is 6.23 Å². The van der Waals surface area contributed by atoms with Crippen molar-refractivity contribution in [3.8, 4) is 0 Å². The quantitative estimate of drug-likeness (QED) is 0.540. The standard InChI is InChI=1S/C22H16ClNO/c23-18-10-4-2-8-16(18)22-17-9-3-6-12-20(17)24-19-11-5-1-7-15(19)13-14-21(24)25-22/h1-14,21-22H/t21-,22-/m0/s1. The van der Waals surface area contributed by atoms with E-state index in [9.17, 15) is 0 Å². The molecule has 0 spiro atoms. The van der Waals surface area contributed by atoms with Crippen LogP contribution in [0.1, 0.15) is 22.8 Å². The van der Waals surface area contributed by atoms with Gasteiger partial charge in [-0.05, 0) is 29.8 Å². The highest BCUT2D eigenvalue weighted by Gasteiger charge is 2.36. The summed E-state index contributed by atoms with van der Waals surface area (Å²) in [6.45, 7) is 0. The molecule has 0 unspecified atom stereocenters. The fraction of sp³-hybridized carbons (Fsp3) is 0.0909. The molecule has 0 aliphatic carbocycles. The lowest BCUT2D eigenvalue weighted by atomic mass is 9.95. The number of hydrogen-bond donors (Lipinski definition) is 0. The molecule has 0 N–H and O–H groups in total. The van der Waals surface area contributed by atoms with E-state index in [0.29, 0.717) is 0 Å². The molecule has 0 bridgehead atoms. The fourth-order valence-electron chi connectivity index (χ4n) is 3.70. The lowest BCUT2D eigenvalue weighted by molar-refractivity contribution is 0.0303. The Kier molecular flexibility index (Phi) is 3.40. The summed E-state index contributed by atoms with van der Waals surface area (Å²) in [4.78, 5) is 2.26. The summed E-state index contributed by atoms with van der Waals surface area (Å²) in [6, 6.07) is 24.7. The number of nitrogens with zero attached hydrogens (tertiary/aromatic N) is 1. The first-order valence-corrected chi connectivity index (χ1v) is 8.76. The number of anilines is 2. The molecule has 2 aliphatic heterocycles. The molecule has 2 heterocycles. The highest BCUT2D eigenvalue weighted by atomic mass is 35.5. The topological polar surface area (TPSA) is 12.5 Å². The molecular formula is C22H16ClNO. The number of benzene rings is 3. The van der Waals surface area contributed by atoms with Crippen molar-refractivity contribution in [3.05, 3.63) is 101 Å². The third-order valence-corrected chi connectivity index (χ3v) is 5.18. The normalized spacial score (nSPS) is 20.6. The minimum absolute atomic E-state index is 0.147. The lowest BCUT2D eigenvalue weighted by Gasteiger charge is -2.43. The number of rotatable bonds is 1. The van der Waals surface area contributed by atoms with Crippen LogP contribution in [0.25, 0.3) is 6.08 Å². The number of para-hydroxylation sites is 2. The number of fused-ring (bicyclic) bond motifs is 5. The molecule has 25 heavy (non-hydrogen) atoms. The van der Waals surface area contributed by atoms with Crippen molar-refractivity contribution in [1.82, 2.24) is 0 Å². The maximum atomic E-state index is 6.50. The summed E-state index contributed by atoms with van der Waals surface area (Å²) in [5.41, 5.74) is 5.68. The molecule has 2 nitrogen and oxygen atoms in total. The summed E-state index contributed by atoms with van der Waals surface area (Å²) < 4.78 is 6.50. The second kappa shape index (κ2) is 5.76. The van der Waals surface area contributed by atoms with E-state index >= 15 is 0 Å². The zero-order valence-electron chi connectivity index (χ0n) is 13.5. The van der Waals surface area contributed by atoms with Crippen molar-refractivity contribution >= 4 is 29.1 Å². The Hall–Kier alpha value is -2.55. The van der Waals surface area contributed by atoms with Gasteiger partial charge >= 0.3 is 0 Å². The Morgan fingerprint density at radius 1 is 0.760 bits per heavy atom. The number of ether oxygens (including phenoxy) is 1. The molecule has 0 radical (unpaired) electrons. The van der Waals surface area contributed by atoms with E-state index < -0.39 is 0 Å². The monoisotopic (exact) mass is 345 g/mol.